The molecule has 0 aliphatic carbocycles. The first kappa shape index (κ1) is 10.9. The van der Waals surface area contributed by atoms with Crippen molar-refractivity contribution in [1.29, 1.82) is 0 Å². The molecule has 0 aromatic heterocycles. The van der Waals surface area contributed by atoms with Crippen molar-refractivity contribution in [2.75, 3.05) is 0 Å². The molecular formula is C10H16N2O2. The number of hydrogen-bond donors (Lipinski definition) is 1. The van der Waals surface area contributed by atoms with Crippen LogP contribution in [0, 0.1) is 5.41 Å². The maximum atomic E-state index is 11.2. The summed E-state index contributed by atoms with van der Waals surface area (Å²) < 4.78 is 0. The molecule has 0 aromatic carbocycles. The number of rotatable bonds is 1. The molecule has 1 aliphatic heterocycles. The Bertz CT molecular complexity index is 317. The number of carboxylic acid groups (broad SMARTS) is 1. The predicted molar refractivity (Wildman–Crippen MR) is 56.0 cm³/mol. The minimum absolute atomic E-state index is 0.516. The number of carbonyl (C=O) groups is 1. The van der Waals surface area contributed by atoms with Gasteiger partial charge >= 0.3 is 5.97 Å². The zero-order valence-corrected chi connectivity index (χ0v) is 9.25. The van der Waals surface area contributed by atoms with Gasteiger partial charge in [-0.3, -0.25) is 0 Å². The molecule has 0 unspecified atom stereocenters. The molecule has 0 saturated carbocycles. The van der Waals surface area contributed by atoms with E-state index in [0.717, 1.165) is 0 Å². The van der Waals surface area contributed by atoms with Gasteiger partial charge in [-0.15, -0.1) is 0 Å². The van der Waals surface area contributed by atoms with E-state index < -0.39 is 17.0 Å². The summed E-state index contributed by atoms with van der Waals surface area (Å²) >= 11 is 0. The van der Waals surface area contributed by atoms with Crippen molar-refractivity contribution < 1.29 is 9.90 Å². The molecule has 0 spiro atoms. The third-order valence-corrected chi connectivity index (χ3v) is 2.53. The summed E-state index contributed by atoms with van der Waals surface area (Å²) in [7, 11) is 0. The molecule has 1 rings (SSSR count). The van der Waals surface area contributed by atoms with Crippen LogP contribution in [0.1, 0.15) is 34.6 Å². The van der Waals surface area contributed by atoms with Crippen LogP contribution in [0.4, 0.5) is 0 Å². The van der Waals surface area contributed by atoms with Crippen LogP contribution in [0.15, 0.2) is 9.98 Å². The maximum Gasteiger partial charge on any atom is 0.354 e. The molecule has 4 heteroatoms. The van der Waals surface area contributed by atoms with Gasteiger partial charge in [-0.25, -0.2) is 14.8 Å². The molecule has 0 fully saturated rings. The lowest BCUT2D eigenvalue weighted by Gasteiger charge is -2.32. The summed E-state index contributed by atoms with van der Waals surface area (Å²) in [5.41, 5.74) is -0.427. The Morgan fingerprint density at radius 2 is 1.57 bits per heavy atom. The van der Waals surface area contributed by atoms with E-state index in [-0.39, 0.29) is 0 Å². The summed E-state index contributed by atoms with van der Waals surface area (Å²) in [6.07, 6.45) is 0. The van der Waals surface area contributed by atoms with Crippen molar-refractivity contribution in [2.45, 2.75) is 40.3 Å². The fraction of sp³-hybridized carbons (Fsp3) is 0.700. The minimum atomic E-state index is -1.33. The van der Waals surface area contributed by atoms with Gasteiger partial charge in [0.2, 0.25) is 0 Å². The number of hydrogen-bond acceptors (Lipinski definition) is 3. The second-order valence-corrected chi connectivity index (χ2v) is 4.62. The molecule has 0 bridgehead atoms. The number of carboxylic acids is 1. The molecule has 14 heavy (non-hydrogen) atoms. The Morgan fingerprint density at radius 3 is 1.71 bits per heavy atom. The Hall–Kier alpha value is -1.19. The smallest absolute Gasteiger partial charge is 0.354 e. The van der Waals surface area contributed by atoms with E-state index in [1.807, 2.05) is 20.8 Å². The molecule has 1 heterocycles. The summed E-state index contributed by atoms with van der Waals surface area (Å²) in [5, 5.41) is 9.22. The summed E-state index contributed by atoms with van der Waals surface area (Å²) in [6.45, 7) is 9.07. The first-order valence-corrected chi connectivity index (χ1v) is 4.57. The summed E-state index contributed by atoms with van der Waals surface area (Å²) in [4.78, 5) is 19.6. The highest BCUT2D eigenvalue weighted by atomic mass is 16.4. The first-order chi connectivity index (χ1) is 6.21. The van der Waals surface area contributed by atoms with Gasteiger partial charge in [0.05, 0.1) is 11.4 Å². The largest absolute Gasteiger partial charge is 0.478 e. The van der Waals surface area contributed by atoms with Crippen LogP contribution in [-0.2, 0) is 4.79 Å². The quantitative estimate of drug-likeness (QED) is 0.694. The van der Waals surface area contributed by atoms with Crippen molar-refractivity contribution >= 4 is 17.4 Å². The van der Waals surface area contributed by atoms with Gasteiger partial charge in [-0.1, -0.05) is 20.8 Å². The molecule has 1 aliphatic rings. The van der Waals surface area contributed by atoms with Crippen LogP contribution < -0.4 is 0 Å². The third-order valence-electron chi connectivity index (χ3n) is 2.53. The highest BCUT2D eigenvalue weighted by Crippen LogP contribution is 2.38. The Morgan fingerprint density at radius 1 is 1.21 bits per heavy atom. The molecule has 0 aromatic rings. The molecule has 0 atom stereocenters. The van der Waals surface area contributed by atoms with Crippen molar-refractivity contribution in [3.05, 3.63) is 0 Å². The van der Waals surface area contributed by atoms with E-state index in [2.05, 4.69) is 9.98 Å². The van der Waals surface area contributed by atoms with Gasteiger partial charge in [0.1, 0.15) is 0 Å². The lowest BCUT2D eigenvalue weighted by atomic mass is 9.81. The fourth-order valence-corrected chi connectivity index (χ4v) is 1.42. The molecule has 78 valence electrons. The number of aliphatic imine (C=N–C) groups is 2. The first-order valence-electron chi connectivity index (χ1n) is 4.57. The Balaban J connectivity index is 3.32. The minimum Gasteiger partial charge on any atom is -0.478 e. The van der Waals surface area contributed by atoms with E-state index in [1.54, 1.807) is 13.8 Å². The van der Waals surface area contributed by atoms with Crippen molar-refractivity contribution in [1.82, 2.24) is 0 Å². The van der Waals surface area contributed by atoms with Crippen molar-refractivity contribution in [3.8, 4) is 0 Å². The normalized spacial score (nSPS) is 20.4. The van der Waals surface area contributed by atoms with Crippen LogP contribution in [0.2, 0.25) is 0 Å². The van der Waals surface area contributed by atoms with Crippen molar-refractivity contribution in [3.63, 3.8) is 0 Å². The van der Waals surface area contributed by atoms with E-state index in [1.165, 1.54) is 0 Å². The van der Waals surface area contributed by atoms with E-state index in [0.29, 0.717) is 11.4 Å². The molecule has 1 N–H and O–H groups in total. The third kappa shape index (κ3) is 1.35. The fourth-order valence-electron chi connectivity index (χ4n) is 1.42. The average Bonchev–Trinajstić information content (AvgIpc) is 2.28. The van der Waals surface area contributed by atoms with E-state index >= 15 is 0 Å². The van der Waals surface area contributed by atoms with Crippen LogP contribution in [-0.4, -0.2) is 28.2 Å². The van der Waals surface area contributed by atoms with E-state index in [4.69, 9.17) is 0 Å². The van der Waals surface area contributed by atoms with Crippen LogP contribution >= 0.6 is 0 Å². The predicted octanol–water partition coefficient (Wildman–Crippen LogP) is 1.75. The molecule has 4 nitrogen and oxygen atoms in total. The second-order valence-electron chi connectivity index (χ2n) is 4.62. The molecule has 0 saturated heterocycles. The van der Waals surface area contributed by atoms with E-state index in [9.17, 15) is 9.90 Å². The summed E-state index contributed by atoms with van der Waals surface area (Å²) in [6, 6.07) is 0. The number of aliphatic carboxylic acids is 1. The lowest BCUT2D eigenvalue weighted by Crippen LogP contribution is -2.45. The van der Waals surface area contributed by atoms with Crippen LogP contribution in [0.5, 0.6) is 0 Å². The van der Waals surface area contributed by atoms with Gasteiger partial charge in [0, 0.05) is 5.41 Å². The highest BCUT2D eigenvalue weighted by molar-refractivity contribution is 6.42. The highest BCUT2D eigenvalue weighted by Gasteiger charge is 2.51. The lowest BCUT2D eigenvalue weighted by molar-refractivity contribution is -0.146. The second kappa shape index (κ2) is 2.90. The van der Waals surface area contributed by atoms with Gasteiger partial charge in [-0.05, 0) is 13.8 Å². The standard InChI is InChI=1S/C10H16N2O2/c1-6-7(2)12-10(11-6,8(13)14)9(3,4)5/h1-5H3,(H,13,14). The van der Waals surface area contributed by atoms with Crippen molar-refractivity contribution in [2.24, 2.45) is 15.4 Å². The summed E-state index contributed by atoms with van der Waals surface area (Å²) in [5.74, 6) is -0.985. The van der Waals surface area contributed by atoms with Crippen LogP contribution in [0.25, 0.3) is 0 Å². The molecule has 0 amide bonds. The van der Waals surface area contributed by atoms with Crippen LogP contribution in [0.3, 0.4) is 0 Å². The average molecular weight is 196 g/mol. The Kier molecular flexibility index (Phi) is 2.26. The van der Waals surface area contributed by atoms with Gasteiger partial charge < -0.3 is 5.11 Å². The molecule has 0 radical (unpaired) electrons. The van der Waals surface area contributed by atoms with Gasteiger partial charge in [0.15, 0.2) is 0 Å². The monoisotopic (exact) mass is 196 g/mol. The topological polar surface area (TPSA) is 62.0 Å². The number of nitrogens with zero attached hydrogens (tertiary/aromatic N) is 2. The maximum absolute atomic E-state index is 11.2. The van der Waals surface area contributed by atoms with Gasteiger partial charge in [0.25, 0.3) is 5.66 Å². The Labute approximate surface area is 83.8 Å². The SMILES string of the molecule is CC1=NC(C(=O)O)(C(C)(C)C)N=C1C. The molecular weight excluding hydrogens is 180 g/mol. The zero-order chi connectivity index (χ0) is 11.1. The zero-order valence-electron chi connectivity index (χ0n) is 9.25. The van der Waals surface area contributed by atoms with Gasteiger partial charge in [-0.2, -0.15) is 0 Å².